The molecule has 0 aliphatic heterocycles. The van der Waals surface area contributed by atoms with Crippen LogP contribution in [0.1, 0.15) is 35.8 Å². The quantitative estimate of drug-likeness (QED) is 0.749. The molecule has 0 spiro atoms. The van der Waals surface area contributed by atoms with Gasteiger partial charge in [-0.1, -0.05) is 30.3 Å². The Morgan fingerprint density at radius 3 is 2.73 bits per heavy atom. The van der Waals surface area contributed by atoms with Gasteiger partial charge in [-0.25, -0.2) is 15.0 Å². The molecule has 1 unspecified atom stereocenters. The number of aromatic nitrogens is 4. The van der Waals surface area contributed by atoms with E-state index in [0.717, 1.165) is 53.4 Å². The molecule has 1 aliphatic carbocycles. The standard InChI is InChI=1S/C20H22N6/c1-13-11-18(21-2)26-20(23-13)25-17-10-6-9-16-15(17)12-22-19(24-16)14-7-4-3-5-8-14/h3-5,7-8,11-12,17H,6,9-10H2,1-2H3,(H2,21,23,25,26). The smallest absolute Gasteiger partial charge is 0.225 e. The maximum Gasteiger partial charge on any atom is 0.225 e. The second-order valence-electron chi connectivity index (χ2n) is 6.52. The van der Waals surface area contributed by atoms with Crippen LogP contribution in [0.4, 0.5) is 11.8 Å². The van der Waals surface area contributed by atoms with E-state index in [4.69, 9.17) is 4.98 Å². The zero-order valence-corrected chi connectivity index (χ0v) is 15.0. The van der Waals surface area contributed by atoms with Crippen molar-refractivity contribution in [3.05, 3.63) is 59.5 Å². The zero-order chi connectivity index (χ0) is 17.9. The summed E-state index contributed by atoms with van der Waals surface area (Å²) in [5.74, 6) is 2.24. The third-order valence-electron chi connectivity index (χ3n) is 4.63. The summed E-state index contributed by atoms with van der Waals surface area (Å²) in [6.07, 6.45) is 5.04. The molecule has 2 N–H and O–H groups in total. The van der Waals surface area contributed by atoms with Crippen molar-refractivity contribution in [2.45, 2.75) is 32.2 Å². The van der Waals surface area contributed by atoms with Gasteiger partial charge in [0.1, 0.15) is 5.82 Å². The topological polar surface area (TPSA) is 75.6 Å². The maximum absolute atomic E-state index is 4.82. The Balaban J connectivity index is 1.62. The highest BCUT2D eigenvalue weighted by molar-refractivity contribution is 5.55. The number of rotatable bonds is 4. The van der Waals surface area contributed by atoms with E-state index in [9.17, 15) is 0 Å². The number of fused-ring (bicyclic) bond motifs is 1. The molecule has 0 fully saturated rings. The first-order valence-corrected chi connectivity index (χ1v) is 8.94. The molecule has 0 saturated heterocycles. The SMILES string of the molecule is CNc1cc(C)nc(NC2CCCc3nc(-c4ccccc4)ncc32)n1. The Hall–Kier alpha value is -3.02. The molecular formula is C20H22N6. The van der Waals surface area contributed by atoms with Crippen LogP contribution in [0.15, 0.2) is 42.6 Å². The Kier molecular flexibility index (Phi) is 4.48. The van der Waals surface area contributed by atoms with Crippen LogP contribution in [0.3, 0.4) is 0 Å². The molecule has 26 heavy (non-hydrogen) atoms. The fraction of sp³-hybridized carbons (Fsp3) is 0.300. The van der Waals surface area contributed by atoms with Gasteiger partial charge >= 0.3 is 0 Å². The van der Waals surface area contributed by atoms with Crippen LogP contribution >= 0.6 is 0 Å². The summed E-state index contributed by atoms with van der Waals surface area (Å²) >= 11 is 0. The van der Waals surface area contributed by atoms with Crippen LogP contribution in [0.25, 0.3) is 11.4 Å². The lowest BCUT2D eigenvalue weighted by Crippen LogP contribution is -2.20. The van der Waals surface area contributed by atoms with Crippen LogP contribution in [-0.4, -0.2) is 27.0 Å². The average Bonchev–Trinajstić information content (AvgIpc) is 2.68. The van der Waals surface area contributed by atoms with Gasteiger partial charge in [-0.3, -0.25) is 0 Å². The molecule has 6 nitrogen and oxygen atoms in total. The number of hydrogen-bond acceptors (Lipinski definition) is 6. The fourth-order valence-electron chi connectivity index (χ4n) is 3.34. The van der Waals surface area contributed by atoms with Crippen LogP contribution in [-0.2, 0) is 6.42 Å². The molecule has 0 bridgehead atoms. The van der Waals surface area contributed by atoms with Gasteiger partial charge in [0.15, 0.2) is 5.82 Å². The highest BCUT2D eigenvalue weighted by Gasteiger charge is 2.23. The lowest BCUT2D eigenvalue weighted by molar-refractivity contribution is 0.581. The number of nitrogens with one attached hydrogen (secondary N) is 2. The molecule has 6 heteroatoms. The summed E-state index contributed by atoms with van der Waals surface area (Å²) in [5, 5.41) is 6.54. The van der Waals surface area contributed by atoms with Crippen LogP contribution < -0.4 is 10.6 Å². The van der Waals surface area contributed by atoms with Gasteiger partial charge in [-0.15, -0.1) is 0 Å². The number of aryl methyl sites for hydroxylation is 2. The normalized spacial score (nSPS) is 16.0. The molecule has 3 aromatic rings. The fourth-order valence-corrected chi connectivity index (χ4v) is 3.34. The average molecular weight is 346 g/mol. The second-order valence-corrected chi connectivity index (χ2v) is 6.52. The van der Waals surface area contributed by atoms with Gasteiger partial charge in [-0.2, -0.15) is 4.98 Å². The van der Waals surface area contributed by atoms with Crippen LogP contribution in [0.5, 0.6) is 0 Å². The lowest BCUT2D eigenvalue weighted by atomic mass is 9.92. The van der Waals surface area contributed by atoms with Crippen LogP contribution in [0.2, 0.25) is 0 Å². The molecule has 1 atom stereocenters. The molecule has 1 aliphatic rings. The summed E-state index contributed by atoms with van der Waals surface area (Å²) in [4.78, 5) is 18.4. The van der Waals surface area contributed by atoms with Crippen molar-refractivity contribution >= 4 is 11.8 Å². The minimum atomic E-state index is 0.134. The molecular weight excluding hydrogens is 324 g/mol. The van der Waals surface area contributed by atoms with E-state index in [2.05, 4.69) is 25.6 Å². The van der Waals surface area contributed by atoms with Crippen LogP contribution in [0, 0.1) is 6.92 Å². The Morgan fingerprint density at radius 1 is 1.08 bits per heavy atom. The summed E-state index contributed by atoms with van der Waals surface area (Å²) in [7, 11) is 1.86. The first kappa shape index (κ1) is 16.4. The third-order valence-corrected chi connectivity index (χ3v) is 4.63. The molecule has 0 saturated carbocycles. The van der Waals surface area contributed by atoms with E-state index in [1.165, 1.54) is 0 Å². The molecule has 2 heterocycles. The number of nitrogens with zero attached hydrogens (tertiary/aromatic N) is 4. The van der Waals surface area contributed by atoms with E-state index < -0.39 is 0 Å². The minimum absolute atomic E-state index is 0.134. The molecule has 4 rings (SSSR count). The molecule has 0 radical (unpaired) electrons. The van der Waals surface area contributed by atoms with Crippen molar-refractivity contribution in [3.63, 3.8) is 0 Å². The number of benzene rings is 1. The van der Waals surface area contributed by atoms with Gasteiger partial charge in [0.25, 0.3) is 0 Å². The predicted molar refractivity (Wildman–Crippen MR) is 103 cm³/mol. The molecule has 132 valence electrons. The second kappa shape index (κ2) is 7.07. The molecule has 0 amide bonds. The highest BCUT2D eigenvalue weighted by Crippen LogP contribution is 2.31. The van der Waals surface area contributed by atoms with Crippen molar-refractivity contribution < 1.29 is 0 Å². The van der Waals surface area contributed by atoms with Gasteiger partial charge in [0.05, 0.1) is 6.04 Å². The van der Waals surface area contributed by atoms with Gasteiger partial charge in [0.2, 0.25) is 5.95 Å². The highest BCUT2D eigenvalue weighted by atomic mass is 15.2. The first-order valence-electron chi connectivity index (χ1n) is 8.94. The minimum Gasteiger partial charge on any atom is -0.373 e. The Morgan fingerprint density at radius 2 is 1.92 bits per heavy atom. The monoisotopic (exact) mass is 346 g/mol. The van der Waals surface area contributed by atoms with E-state index in [-0.39, 0.29) is 6.04 Å². The van der Waals surface area contributed by atoms with E-state index in [0.29, 0.717) is 5.95 Å². The van der Waals surface area contributed by atoms with Gasteiger partial charge < -0.3 is 10.6 Å². The van der Waals surface area contributed by atoms with E-state index in [1.54, 1.807) is 0 Å². The first-order chi connectivity index (χ1) is 12.7. The van der Waals surface area contributed by atoms with Crippen molar-refractivity contribution in [1.82, 2.24) is 19.9 Å². The predicted octanol–water partition coefficient (Wildman–Crippen LogP) is 3.77. The maximum atomic E-state index is 4.82. The summed E-state index contributed by atoms with van der Waals surface area (Å²) < 4.78 is 0. The summed E-state index contributed by atoms with van der Waals surface area (Å²) in [5.41, 5.74) is 4.24. The van der Waals surface area contributed by atoms with E-state index in [1.807, 2.05) is 56.6 Å². The molecule has 2 aromatic heterocycles. The Bertz CT molecular complexity index is 909. The van der Waals surface area contributed by atoms with Crippen molar-refractivity contribution in [1.29, 1.82) is 0 Å². The van der Waals surface area contributed by atoms with Gasteiger partial charge in [-0.05, 0) is 26.2 Å². The van der Waals surface area contributed by atoms with Crippen molar-refractivity contribution in [2.75, 3.05) is 17.7 Å². The van der Waals surface area contributed by atoms with Crippen molar-refractivity contribution in [2.24, 2.45) is 0 Å². The number of hydrogen-bond donors (Lipinski definition) is 2. The number of anilines is 2. The van der Waals surface area contributed by atoms with E-state index >= 15 is 0 Å². The zero-order valence-electron chi connectivity index (χ0n) is 15.0. The third kappa shape index (κ3) is 3.35. The Labute approximate surface area is 153 Å². The molecule has 1 aromatic carbocycles. The largest absolute Gasteiger partial charge is 0.373 e. The van der Waals surface area contributed by atoms with Crippen molar-refractivity contribution in [3.8, 4) is 11.4 Å². The van der Waals surface area contributed by atoms with Gasteiger partial charge in [0, 0.05) is 41.8 Å². The summed E-state index contributed by atoms with van der Waals surface area (Å²) in [6.45, 7) is 1.97. The lowest BCUT2D eigenvalue weighted by Gasteiger charge is -2.25. The summed E-state index contributed by atoms with van der Waals surface area (Å²) in [6, 6.07) is 12.2.